The average Bonchev–Trinajstić information content (AvgIpc) is 2.74. The maximum Gasteiger partial charge on any atom is 0.411 e. The van der Waals surface area contributed by atoms with Gasteiger partial charge in [0.1, 0.15) is 24.7 Å². The van der Waals surface area contributed by atoms with Gasteiger partial charge in [0, 0.05) is 13.6 Å². The van der Waals surface area contributed by atoms with Crippen LogP contribution in [-0.4, -0.2) is 46.1 Å². The Bertz CT molecular complexity index is 785. The maximum absolute atomic E-state index is 12.1. The van der Waals surface area contributed by atoms with E-state index < -0.39 is 12.8 Å². The van der Waals surface area contributed by atoms with Crippen molar-refractivity contribution in [3.05, 3.63) is 59.7 Å². The second kappa shape index (κ2) is 14.0. The molecule has 2 aromatic rings. The number of hydrogen-bond donors (Lipinski definition) is 2. The molecule has 0 aliphatic heterocycles. The largest absolute Gasteiger partial charge is 0.497 e. The number of ether oxygens (including phenoxy) is 3. The van der Waals surface area contributed by atoms with Crippen LogP contribution in [0.4, 0.5) is 13.2 Å². The number of hydrogen-bond acceptors (Lipinski definition) is 4. The summed E-state index contributed by atoms with van der Waals surface area (Å²) in [4.78, 5) is 4.15. The van der Waals surface area contributed by atoms with E-state index in [0.29, 0.717) is 31.2 Å². The second-order valence-corrected chi connectivity index (χ2v) is 6.30. The molecule has 6 nitrogen and oxygen atoms in total. The molecule has 0 radical (unpaired) electrons. The lowest BCUT2D eigenvalue weighted by Gasteiger charge is -2.13. The van der Waals surface area contributed by atoms with Gasteiger partial charge in [-0.25, -0.2) is 0 Å². The summed E-state index contributed by atoms with van der Waals surface area (Å²) < 4.78 is 51.7. The molecule has 2 rings (SSSR count). The summed E-state index contributed by atoms with van der Waals surface area (Å²) in [5.74, 6) is 2.14. The Kier molecular flexibility index (Phi) is 12.1. The Hall–Kier alpha value is -2.21. The smallest absolute Gasteiger partial charge is 0.411 e. The molecule has 2 N–H and O–H groups in total. The summed E-state index contributed by atoms with van der Waals surface area (Å²) >= 11 is 0. The Morgan fingerprint density at radius 2 is 1.55 bits per heavy atom. The highest BCUT2D eigenvalue weighted by molar-refractivity contribution is 14.0. The monoisotopic (exact) mass is 553 g/mol. The molecule has 0 atom stereocenters. The number of halogens is 4. The minimum absolute atomic E-state index is 0. The Morgan fingerprint density at radius 3 is 2.13 bits per heavy atom. The molecule has 0 saturated carbocycles. The number of guanidine groups is 1. The number of aliphatic imine (C=N–C) groups is 1. The number of nitrogens with one attached hydrogen (secondary N) is 2. The predicted molar refractivity (Wildman–Crippen MR) is 124 cm³/mol. The van der Waals surface area contributed by atoms with Gasteiger partial charge in [-0.05, 0) is 35.4 Å². The quantitative estimate of drug-likeness (QED) is 0.201. The van der Waals surface area contributed by atoms with Crippen molar-refractivity contribution in [1.82, 2.24) is 10.6 Å². The first-order valence-electron chi connectivity index (χ1n) is 9.33. The molecule has 0 fully saturated rings. The summed E-state index contributed by atoms with van der Waals surface area (Å²) in [5, 5.41) is 6.32. The van der Waals surface area contributed by atoms with Crippen molar-refractivity contribution in [1.29, 1.82) is 0 Å². The zero-order valence-electron chi connectivity index (χ0n) is 17.4. The molecule has 0 saturated heterocycles. The molecule has 0 unspecified atom stereocenters. The van der Waals surface area contributed by atoms with E-state index in [2.05, 4.69) is 20.4 Å². The van der Waals surface area contributed by atoms with E-state index >= 15 is 0 Å². The highest BCUT2D eigenvalue weighted by Crippen LogP contribution is 2.17. The van der Waals surface area contributed by atoms with Gasteiger partial charge in [-0.2, -0.15) is 13.2 Å². The standard InChI is InChI=1S/C21H26F3N3O3.HI/c1-25-20(26-11-12-30-19-9-7-18(28-2)8-10-19)27-13-16-3-5-17(6-4-16)14-29-15-21(22,23)24;/h3-10H,11-15H2,1-2H3,(H2,25,26,27);1H. The fraction of sp³-hybridized carbons (Fsp3) is 0.381. The average molecular weight is 553 g/mol. The van der Waals surface area contributed by atoms with E-state index in [1.54, 1.807) is 26.3 Å². The number of nitrogens with zero attached hydrogens (tertiary/aromatic N) is 1. The lowest BCUT2D eigenvalue weighted by atomic mass is 10.1. The van der Waals surface area contributed by atoms with Crippen LogP contribution in [0.1, 0.15) is 11.1 Å². The van der Waals surface area contributed by atoms with Crippen molar-refractivity contribution >= 4 is 29.9 Å². The third-order valence-corrected chi connectivity index (χ3v) is 3.96. The SMILES string of the molecule is CN=C(NCCOc1ccc(OC)cc1)NCc1ccc(COCC(F)(F)F)cc1.I. The first-order valence-corrected chi connectivity index (χ1v) is 9.33. The van der Waals surface area contributed by atoms with Crippen LogP contribution in [0.15, 0.2) is 53.5 Å². The molecule has 0 aromatic heterocycles. The van der Waals surface area contributed by atoms with Crippen molar-refractivity contribution in [3.8, 4) is 11.5 Å². The molecule has 0 aliphatic rings. The Balaban J connectivity index is 0.00000480. The summed E-state index contributed by atoms with van der Waals surface area (Å²) in [6.07, 6.45) is -4.31. The van der Waals surface area contributed by atoms with Crippen molar-refractivity contribution in [2.24, 2.45) is 4.99 Å². The summed E-state index contributed by atoms with van der Waals surface area (Å²) in [6.45, 7) is 0.203. The van der Waals surface area contributed by atoms with Crippen LogP contribution in [0, 0.1) is 0 Å². The zero-order chi connectivity index (χ0) is 21.8. The summed E-state index contributed by atoms with van der Waals surface area (Å²) in [6, 6.07) is 14.5. The van der Waals surface area contributed by atoms with E-state index in [-0.39, 0.29) is 30.6 Å². The molecule has 0 amide bonds. The zero-order valence-corrected chi connectivity index (χ0v) is 19.7. The van der Waals surface area contributed by atoms with Crippen molar-refractivity contribution < 1.29 is 27.4 Å². The van der Waals surface area contributed by atoms with Crippen molar-refractivity contribution in [2.75, 3.05) is 33.9 Å². The third kappa shape index (κ3) is 11.1. The maximum atomic E-state index is 12.1. The number of benzene rings is 2. The van der Waals surface area contributed by atoms with Gasteiger partial charge in [0.15, 0.2) is 5.96 Å². The van der Waals surface area contributed by atoms with E-state index in [0.717, 1.165) is 17.1 Å². The van der Waals surface area contributed by atoms with Gasteiger partial charge >= 0.3 is 6.18 Å². The Morgan fingerprint density at radius 1 is 0.935 bits per heavy atom. The van der Waals surface area contributed by atoms with E-state index in [1.807, 2.05) is 36.4 Å². The molecular weight excluding hydrogens is 526 g/mol. The van der Waals surface area contributed by atoms with E-state index in [4.69, 9.17) is 9.47 Å². The molecule has 0 heterocycles. The van der Waals surface area contributed by atoms with Gasteiger partial charge in [0.25, 0.3) is 0 Å². The fourth-order valence-corrected chi connectivity index (χ4v) is 2.45. The van der Waals surface area contributed by atoms with Crippen LogP contribution in [-0.2, 0) is 17.9 Å². The predicted octanol–water partition coefficient (Wildman–Crippen LogP) is 4.14. The minimum Gasteiger partial charge on any atom is -0.497 e. The highest BCUT2D eigenvalue weighted by atomic mass is 127. The lowest BCUT2D eigenvalue weighted by molar-refractivity contribution is -0.176. The van der Waals surface area contributed by atoms with Crippen molar-refractivity contribution in [2.45, 2.75) is 19.3 Å². The van der Waals surface area contributed by atoms with Gasteiger partial charge in [-0.1, -0.05) is 24.3 Å². The van der Waals surface area contributed by atoms with Crippen molar-refractivity contribution in [3.63, 3.8) is 0 Å². The molecule has 0 spiro atoms. The normalized spacial score (nSPS) is 11.5. The summed E-state index contributed by atoms with van der Waals surface area (Å²) in [5.41, 5.74) is 1.65. The number of methoxy groups -OCH3 is 1. The van der Waals surface area contributed by atoms with Gasteiger partial charge in [0.05, 0.1) is 20.3 Å². The fourth-order valence-electron chi connectivity index (χ4n) is 2.45. The first-order chi connectivity index (χ1) is 14.4. The molecule has 2 aromatic carbocycles. The van der Waals surface area contributed by atoms with E-state index in [1.165, 1.54) is 0 Å². The van der Waals surface area contributed by atoms with Crippen LogP contribution in [0.25, 0.3) is 0 Å². The lowest BCUT2D eigenvalue weighted by Crippen LogP contribution is -2.38. The minimum atomic E-state index is -4.31. The van der Waals surface area contributed by atoms with Crippen LogP contribution < -0.4 is 20.1 Å². The van der Waals surface area contributed by atoms with Gasteiger partial charge < -0.3 is 24.8 Å². The molecular formula is C21H27F3IN3O3. The Labute approximate surface area is 197 Å². The van der Waals surface area contributed by atoms with Gasteiger partial charge in [0.2, 0.25) is 0 Å². The van der Waals surface area contributed by atoms with Crippen LogP contribution in [0.3, 0.4) is 0 Å². The molecule has 31 heavy (non-hydrogen) atoms. The van der Waals surface area contributed by atoms with Crippen LogP contribution in [0.5, 0.6) is 11.5 Å². The highest BCUT2D eigenvalue weighted by Gasteiger charge is 2.27. The van der Waals surface area contributed by atoms with Crippen LogP contribution in [0.2, 0.25) is 0 Å². The van der Waals surface area contributed by atoms with Gasteiger partial charge in [-0.15, -0.1) is 24.0 Å². The van der Waals surface area contributed by atoms with Crippen LogP contribution >= 0.6 is 24.0 Å². The number of alkyl halides is 3. The topological polar surface area (TPSA) is 64.1 Å². The third-order valence-electron chi connectivity index (χ3n) is 3.96. The molecule has 10 heteroatoms. The van der Waals surface area contributed by atoms with Gasteiger partial charge in [-0.3, -0.25) is 4.99 Å². The molecule has 172 valence electrons. The molecule has 0 aliphatic carbocycles. The number of rotatable bonds is 10. The summed E-state index contributed by atoms with van der Waals surface area (Å²) in [7, 11) is 3.28. The first kappa shape index (κ1) is 26.8. The van der Waals surface area contributed by atoms with E-state index in [9.17, 15) is 13.2 Å². The second-order valence-electron chi connectivity index (χ2n) is 6.30. The molecule has 0 bridgehead atoms.